The molecule has 0 saturated carbocycles. The van der Waals surface area contributed by atoms with Gasteiger partial charge in [0.2, 0.25) is 10.0 Å². The molecule has 1 aromatic rings. The molecule has 0 spiro atoms. The standard InChI is InChI=1S/C13H21FN2O2S.ClH/c1-9(2)6-12(8-15)16-19(17,18)13-5-4-11(14)7-10(13)3;/h4-5,7,9,12,16H,6,8,15H2,1-3H3;1H. The van der Waals surface area contributed by atoms with Gasteiger partial charge in [0.25, 0.3) is 0 Å². The minimum absolute atomic E-state index is 0. The minimum Gasteiger partial charge on any atom is -0.329 e. The van der Waals surface area contributed by atoms with Gasteiger partial charge in [0.1, 0.15) is 5.82 Å². The minimum atomic E-state index is -3.66. The predicted molar refractivity (Wildman–Crippen MR) is 81.0 cm³/mol. The smallest absolute Gasteiger partial charge is 0.241 e. The van der Waals surface area contributed by atoms with Crippen LogP contribution in [0.2, 0.25) is 0 Å². The van der Waals surface area contributed by atoms with E-state index in [2.05, 4.69) is 4.72 Å². The van der Waals surface area contributed by atoms with Crippen molar-refractivity contribution in [3.8, 4) is 0 Å². The second kappa shape index (κ2) is 7.93. The first-order valence-corrected chi connectivity index (χ1v) is 7.73. The van der Waals surface area contributed by atoms with Gasteiger partial charge in [-0.15, -0.1) is 12.4 Å². The fourth-order valence-corrected chi connectivity index (χ4v) is 3.45. The van der Waals surface area contributed by atoms with Crippen LogP contribution in [-0.4, -0.2) is 21.0 Å². The second-order valence-electron chi connectivity index (χ2n) is 5.09. The zero-order valence-electron chi connectivity index (χ0n) is 11.9. The number of nitrogens with two attached hydrogens (primary N) is 1. The summed E-state index contributed by atoms with van der Waals surface area (Å²) in [7, 11) is -3.66. The summed E-state index contributed by atoms with van der Waals surface area (Å²) in [5, 5.41) is 0. The topological polar surface area (TPSA) is 72.2 Å². The summed E-state index contributed by atoms with van der Waals surface area (Å²) < 4.78 is 40.0. The molecule has 1 aromatic carbocycles. The van der Waals surface area contributed by atoms with Gasteiger partial charge in [0, 0.05) is 12.6 Å². The van der Waals surface area contributed by atoms with Crippen molar-refractivity contribution in [2.45, 2.75) is 38.1 Å². The van der Waals surface area contributed by atoms with E-state index in [0.717, 1.165) is 6.07 Å². The average molecular weight is 325 g/mol. The molecule has 0 aliphatic heterocycles. The van der Waals surface area contributed by atoms with E-state index in [-0.39, 0.29) is 29.9 Å². The molecule has 0 heterocycles. The highest BCUT2D eigenvalue weighted by Crippen LogP contribution is 2.17. The molecule has 20 heavy (non-hydrogen) atoms. The lowest BCUT2D eigenvalue weighted by molar-refractivity contribution is 0.465. The van der Waals surface area contributed by atoms with E-state index < -0.39 is 15.8 Å². The van der Waals surface area contributed by atoms with Gasteiger partial charge < -0.3 is 5.73 Å². The van der Waals surface area contributed by atoms with E-state index in [1.807, 2.05) is 13.8 Å². The molecule has 0 aliphatic rings. The van der Waals surface area contributed by atoms with Crippen molar-refractivity contribution in [1.29, 1.82) is 0 Å². The second-order valence-corrected chi connectivity index (χ2v) is 6.78. The summed E-state index contributed by atoms with van der Waals surface area (Å²) in [5.74, 6) is -0.112. The lowest BCUT2D eigenvalue weighted by atomic mass is 10.1. The third-order valence-corrected chi connectivity index (χ3v) is 4.47. The van der Waals surface area contributed by atoms with Crippen LogP contribution in [0, 0.1) is 18.7 Å². The Morgan fingerprint density at radius 3 is 2.40 bits per heavy atom. The molecule has 0 aliphatic carbocycles. The predicted octanol–water partition coefficient (Wildman–Crippen LogP) is 2.21. The maximum Gasteiger partial charge on any atom is 0.241 e. The highest BCUT2D eigenvalue weighted by Gasteiger charge is 2.21. The molecule has 1 rings (SSSR count). The molecule has 1 unspecified atom stereocenters. The molecule has 0 radical (unpaired) electrons. The van der Waals surface area contributed by atoms with E-state index in [4.69, 9.17) is 5.73 Å². The van der Waals surface area contributed by atoms with E-state index in [9.17, 15) is 12.8 Å². The molecular weight excluding hydrogens is 303 g/mol. The lowest BCUT2D eigenvalue weighted by Gasteiger charge is -2.19. The zero-order valence-corrected chi connectivity index (χ0v) is 13.5. The van der Waals surface area contributed by atoms with Crippen molar-refractivity contribution < 1.29 is 12.8 Å². The van der Waals surface area contributed by atoms with Crippen LogP contribution in [-0.2, 0) is 10.0 Å². The van der Waals surface area contributed by atoms with Crippen molar-refractivity contribution in [1.82, 2.24) is 4.72 Å². The maximum absolute atomic E-state index is 13.0. The summed E-state index contributed by atoms with van der Waals surface area (Å²) >= 11 is 0. The molecule has 0 amide bonds. The normalized spacial score (nSPS) is 13.1. The number of nitrogens with one attached hydrogen (secondary N) is 1. The van der Waals surface area contributed by atoms with Crippen molar-refractivity contribution in [3.05, 3.63) is 29.6 Å². The number of hydrogen-bond donors (Lipinski definition) is 2. The van der Waals surface area contributed by atoms with Gasteiger partial charge in [-0.25, -0.2) is 17.5 Å². The van der Waals surface area contributed by atoms with Gasteiger partial charge in [0.05, 0.1) is 4.90 Å². The Bertz CT molecular complexity index is 535. The monoisotopic (exact) mass is 324 g/mol. The quantitative estimate of drug-likeness (QED) is 0.842. The van der Waals surface area contributed by atoms with Crippen molar-refractivity contribution in [2.75, 3.05) is 6.54 Å². The van der Waals surface area contributed by atoms with Crippen LogP contribution in [0.25, 0.3) is 0 Å². The molecule has 0 aromatic heterocycles. The number of rotatable bonds is 6. The largest absolute Gasteiger partial charge is 0.329 e. The Morgan fingerprint density at radius 1 is 1.35 bits per heavy atom. The first-order valence-electron chi connectivity index (χ1n) is 6.24. The maximum atomic E-state index is 13.0. The number of aryl methyl sites for hydroxylation is 1. The SMILES string of the molecule is Cc1cc(F)ccc1S(=O)(=O)NC(CN)CC(C)C.Cl. The van der Waals surface area contributed by atoms with Gasteiger partial charge >= 0.3 is 0 Å². The molecule has 1 atom stereocenters. The summed E-state index contributed by atoms with van der Waals surface area (Å²) in [6, 6.07) is 3.31. The molecule has 0 fully saturated rings. The van der Waals surface area contributed by atoms with Gasteiger partial charge in [0.15, 0.2) is 0 Å². The van der Waals surface area contributed by atoms with Crippen molar-refractivity contribution >= 4 is 22.4 Å². The van der Waals surface area contributed by atoms with Crippen LogP contribution >= 0.6 is 12.4 Å². The first kappa shape index (κ1) is 19.3. The Morgan fingerprint density at radius 2 is 1.95 bits per heavy atom. The molecule has 4 nitrogen and oxygen atoms in total. The van der Waals surface area contributed by atoms with Crippen LogP contribution in [0.3, 0.4) is 0 Å². The van der Waals surface area contributed by atoms with E-state index >= 15 is 0 Å². The number of hydrogen-bond acceptors (Lipinski definition) is 3. The average Bonchev–Trinajstić information content (AvgIpc) is 2.26. The third kappa shape index (κ3) is 5.36. The molecule has 7 heteroatoms. The third-order valence-electron chi connectivity index (χ3n) is 2.79. The summed E-state index contributed by atoms with van der Waals surface area (Å²) in [6.07, 6.45) is 0.663. The Hall–Kier alpha value is -0.690. The van der Waals surface area contributed by atoms with Crippen LogP contribution in [0.5, 0.6) is 0 Å². The highest BCUT2D eigenvalue weighted by molar-refractivity contribution is 7.89. The van der Waals surface area contributed by atoms with Crippen molar-refractivity contribution in [2.24, 2.45) is 11.7 Å². The van der Waals surface area contributed by atoms with Crippen LogP contribution in [0.4, 0.5) is 4.39 Å². The van der Waals surface area contributed by atoms with Crippen LogP contribution in [0.1, 0.15) is 25.8 Å². The fourth-order valence-electron chi connectivity index (χ4n) is 1.96. The van der Waals surface area contributed by atoms with E-state index in [1.165, 1.54) is 12.1 Å². The van der Waals surface area contributed by atoms with Crippen LogP contribution < -0.4 is 10.5 Å². The Kier molecular flexibility index (Phi) is 7.65. The van der Waals surface area contributed by atoms with E-state index in [0.29, 0.717) is 17.9 Å². The molecule has 3 N–H and O–H groups in total. The number of sulfonamides is 1. The summed E-state index contributed by atoms with van der Waals surface area (Å²) in [4.78, 5) is 0.0936. The van der Waals surface area contributed by atoms with Gasteiger partial charge in [-0.1, -0.05) is 13.8 Å². The van der Waals surface area contributed by atoms with Gasteiger partial charge in [-0.3, -0.25) is 0 Å². The number of benzene rings is 1. The van der Waals surface area contributed by atoms with Crippen molar-refractivity contribution in [3.63, 3.8) is 0 Å². The summed E-state index contributed by atoms with van der Waals surface area (Å²) in [6.45, 7) is 5.80. The zero-order chi connectivity index (χ0) is 14.6. The number of halogens is 2. The van der Waals surface area contributed by atoms with Gasteiger partial charge in [-0.05, 0) is 43.0 Å². The Balaban J connectivity index is 0.00000361. The first-order chi connectivity index (χ1) is 8.76. The van der Waals surface area contributed by atoms with Gasteiger partial charge in [-0.2, -0.15) is 0 Å². The highest BCUT2D eigenvalue weighted by atomic mass is 35.5. The molecule has 116 valence electrons. The lowest BCUT2D eigenvalue weighted by Crippen LogP contribution is -2.41. The molecule has 0 saturated heterocycles. The fraction of sp³-hybridized carbons (Fsp3) is 0.538. The molecule has 0 bridgehead atoms. The van der Waals surface area contributed by atoms with E-state index in [1.54, 1.807) is 6.92 Å². The Labute approximate surface area is 126 Å². The van der Waals surface area contributed by atoms with Crippen LogP contribution in [0.15, 0.2) is 23.1 Å². The summed E-state index contributed by atoms with van der Waals surface area (Å²) in [5.41, 5.74) is 5.96. The molecular formula is C13H22ClFN2O2S.